The monoisotopic (exact) mass is 414 g/mol. The number of hydrogen-bond donors (Lipinski definition) is 1. The number of anilines is 1. The average molecular weight is 415 g/mol. The van der Waals surface area contributed by atoms with Crippen LogP contribution in [-0.2, 0) is 13.0 Å². The maximum absolute atomic E-state index is 12.3. The van der Waals surface area contributed by atoms with Gasteiger partial charge in [0.05, 0.1) is 0 Å². The number of rotatable bonds is 3. The summed E-state index contributed by atoms with van der Waals surface area (Å²) in [6.45, 7) is 2.80. The molecular weight excluding hydrogens is 396 g/mol. The van der Waals surface area contributed by atoms with E-state index in [0.717, 1.165) is 42.2 Å². The van der Waals surface area contributed by atoms with Crippen LogP contribution < -0.4 is 5.32 Å². The van der Waals surface area contributed by atoms with Gasteiger partial charge in [-0.15, -0.1) is 10.2 Å². The fourth-order valence-electron chi connectivity index (χ4n) is 3.26. The summed E-state index contributed by atoms with van der Waals surface area (Å²) in [6, 6.07) is 9.44. The Labute approximate surface area is 159 Å². The molecule has 0 bridgehead atoms. The van der Waals surface area contributed by atoms with Crippen molar-refractivity contribution < 1.29 is 9.21 Å². The zero-order valence-electron chi connectivity index (χ0n) is 14.5. The number of carbonyl (C=O) groups is 1. The minimum Gasteiger partial charge on any atom is -0.444 e. The first kappa shape index (κ1) is 17.0. The predicted molar refractivity (Wildman–Crippen MR) is 102 cm³/mol. The predicted octanol–water partition coefficient (Wildman–Crippen LogP) is 4.59. The van der Waals surface area contributed by atoms with Gasteiger partial charge in [0.25, 0.3) is 5.91 Å². The topological polar surface area (TPSA) is 73.0 Å². The second kappa shape index (κ2) is 7.07. The number of fused-ring (bicyclic) bond motifs is 1. The van der Waals surface area contributed by atoms with Crippen molar-refractivity contribution in [2.45, 2.75) is 39.2 Å². The van der Waals surface area contributed by atoms with Crippen molar-refractivity contribution in [2.75, 3.05) is 5.32 Å². The van der Waals surface area contributed by atoms with E-state index in [1.54, 1.807) is 6.07 Å². The zero-order chi connectivity index (χ0) is 18.1. The fraction of sp³-hybridized carbons (Fsp3) is 0.316. The molecule has 2 aromatic heterocycles. The second-order valence-corrected chi connectivity index (χ2v) is 7.28. The second-order valence-electron chi connectivity index (χ2n) is 6.50. The first-order chi connectivity index (χ1) is 12.6. The first-order valence-corrected chi connectivity index (χ1v) is 9.51. The molecule has 1 aliphatic rings. The minimum atomic E-state index is -0.266. The summed E-state index contributed by atoms with van der Waals surface area (Å²) >= 11 is 3.24. The van der Waals surface area contributed by atoms with Crippen molar-refractivity contribution in [1.82, 2.24) is 14.8 Å². The van der Waals surface area contributed by atoms with E-state index in [2.05, 4.69) is 36.0 Å². The third-order valence-corrected chi connectivity index (χ3v) is 5.00. The van der Waals surface area contributed by atoms with Crippen molar-refractivity contribution in [3.8, 4) is 11.4 Å². The fourth-order valence-corrected chi connectivity index (χ4v) is 3.76. The molecule has 0 atom stereocenters. The van der Waals surface area contributed by atoms with E-state index < -0.39 is 0 Å². The summed E-state index contributed by atoms with van der Waals surface area (Å²) in [5.41, 5.74) is 2.50. The molecule has 1 N–H and O–H groups in total. The molecule has 0 spiro atoms. The lowest BCUT2D eigenvalue weighted by Crippen LogP contribution is -2.12. The Morgan fingerprint density at radius 3 is 2.73 bits per heavy atom. The van der Waals surface area contributed by atoms with E-state index in [0.29, 0.717) is 16.1 Å². The number of aromatic nitrogens is 3. The number of furan rings is 1. The molecule has 0 radical (unpaired) electrons. The normalized spacial score (nSPS) is 13.9. The van der Waals surface area contributed by atoms with Crippen LogP contribution in [0.1, 0.15) is 41.2 Å². The van der Waals surface area contributed by atoms with Crippen LogP contribution >= 0.6 is 15.9 Å². The molecule has 3 heterocycles. The highest BCUT2D eigenvalue weighted by Crippen LogP contribution is 2.25. The van der Waals surface area contributed by atoms with Crippen LogP contribution in [0.25, 0.3) is 11.4 Å². The van der Waals surface area contributed by atoms with Crippen molar-refractivity contribution in [2.24, 2.45) is 0 Å². The minimum absolute atomic E-state index is 0.266. The molecule has 0 saturated heterocycles. The van der Waals surface area contributed by atoms with Crippen LogP contribution in [0, 0.1) is 6.92 Å². The number of carbonyl (C=O) groups excluding carboxylic acids is 1. The number of nitrogens with one attached hydrogen (secondary N) is 1. The Bertz CT molecular complexity index is 943. The molecule has 0 unspecified atom stereocenters. The van der Waals surface area contributed by atoms with Gasteiger partial charge < -0.3 is 14.3 Å². The van der Waals surface area contributed by atoms with Gasteiger partial charge >= 0.3 is 0 Å². The highest BCUT2D eigenvalue weighted by Gasteiger charge is 2.17. The Balaban J connectivity index is 1.53. The molecule has 0 saturated carbocycles. The highest BCUT2D eigenvalue weighted by atomic mass is 79.9. The Morgan fingerprint density at radius 1 is 1.19 bits per heavy atom. The molecule has 0 fully saturated rings. The Hall–Kier alpha value is -2.41. The van der Waals surface area contributed by atoms with Crippen molar-refractivity contribution in [3.63, 3.8) is 0 Å². The van der Waals surface area contributed by atoms with Gasteiger partial charge in [0.15, 0.2) is 16.3 Å². The Morgan fingerprint density at radius 2 is 2.00 bits per heavy atom. The van der Waals surface area contributed by atoms with Crippen LogP contribution in [0.3, 0.4) is 0 Å². The van der Waals surface area contributed by atoms with Crippen molar-refractivity contribution in [3.05, 3.63) is 52.1 Å². The van der Waals surface area contributed by atoms with E-state index in [4.69, 9.17) is 4.42 Å². The third-order valence-electron chi connectivity index (χ3n) is 4.60. The summed E-state index contributed by atoms with van der Waals surface area (Å²) < 4.78 is 8.15. The standard InChI is InChI=1S/C19H19BrN4O2/c1-12-11-15(20)26-17(12)19(25)21-14-8-6-13(7-9-14)18-23-22-16-5-3-2-4-10-24(16)18/h6-9,11H,2-5,10H2,1H3,(H,21,25). The lowest BCUT2D eigenvalue weighted by atomic mass is 10.2. The average Bonchev–Trinajstić information content (AvgIpc) is 3.09. The number of hydrogen-bond acceptors (Lipinski definition) is 4. The van der Waals surface area contributed by atoms with Gasteiger partial charge in [0.2, 0.25) is 0 Å². The number of nitrogens with zero attached hydrogens (tertiary/aromatic N) is 3. The lowest BCUT2D eigenvalue weighted by Gasteiger charge is -2.08. The molecule has 4 rings (SSSR count). The van der Waals surface area contributed by atoms with Gasteiger partial charge in [-0.25, -0.2) is 0 Å². The van der Waals surface area contributed by atoms with Crippen molar-refractivity contribution in [1.29, 1.82) is 0 Å². The molecule has 7 heteroatoms. The van der Waals surface area contributed by atoms with E-state index in [9.17, 15) is 4.79 Å². The summed E-state index contributed by atoms with van der Waals surface area (Å²) in [7, 11) is 0. The molecule has 0 aliphatic carbocycles. The van der Waals surface area contributed by atoms with Crippen LogP contribution in [-0.4, -0.2) is 20.7 Å². The number of benzene rings is 1. The molecule has 1 amide bonds. The molecule has 6 nitrogen and oxygen atoms in total. The maximum atomic E-state index is 12.3. The number of aryl methyl sites for hydroxylation is 2. The molecule has 3 aromatic rings. The SMILES string of the molecule is Cc1cc(Br)oc1C(=O)Nc1ccc(-c2nnc3n2CCCCC3)cc1. The van der Waals surface area contributed by atoms with Gasteiger partial charge in [0, 0.05) is 29.8 Å². The molecule has 1 aliphatic heterocycles. The summed E-state index contributed by atoms with van der Waals surface area (Å²) in [6.07, 6.45) is 4.55. The van der Waals surface area contributed by atoms with E-state index in [1.165, 1.54) is 12.8 Å². The largest absolute Gasteiger partial charge is 0.444 e. The number of amides is 1. The quantitative estimate of drug-likeness (QED) is 0.679. The summed E-state index contributed by atoms with van der Waals surface area (Å²) in [5.74, 6) is 2.00. The lowest BCUT2D eigenvalue weighted by molar-refractivity contribution is 0.0994. The first-order valence-electron chi connectivity index (χ1n) is 8.71. The molecular formula is C19H19BrN4O2. The van der Waals surface area contributed by atoms with Gasteiger partial charge in [-0.2, -0.15) is 0 Å². The van der Waals surface area contributed by atoms with E-state index in [-0.39, 0.29) is 5.91 Å². The van der Waals surface area contributed by atoms with Crippen LogP contribution in [0.2, 0.25) is 0 Å². The van der Waals surface area contributed by atoms with Gasteiger partial charge in [0.1, 0.15) is 5.82 Å². The smallest absolute Gasteiger partial charge is 0.291 e. The molecule has 1 aromatic carbocycles. The van der Waals surface area contributed by atoms with E-state index >= 15 is 0 Å². The van der Waals surface area contributed by atoms with Gasteiger partial charge in [-0.3, -0.25) is 4.79 Å². The van der Waals surface area contributed by atoms with Crippen molar-refractivity contribution >= 4 is 27.5 Å². The van der Waals surface area contributed by atoms with Crippen LogP contribution in [0.15, 0.2) is 39.4 Å². The van der Waals surface area contributed by atoms with Gasteiger partial charge in [-0.05, 0) is 66.0 Å². The third kappa shape index (κ3) is 3.31. The molecule has 26 heavy (non-hydrogen) atoms. The molecule has 134 valence electrons. The zero-order valence-corrected chi connectivity index (χ0v) is 16.0. The number of halogens is 1. The van der Waals surface area contributed by atoms with Crippen LogP contribution in [0.5, 0.6) is 0 Å². The van der Waals surface area contributed by atoms with Gasteiger partial charge in [-0.1, -0.05) is 6.42 Å². The van der Waals surface area contributed by atoms with E-state index in [1.807, 2.05) is 31.2 Å². The summed E-state index contributed by atoms with van der Waals surface area (Å²) in [5, 5.41) is 11.6. The Kier molecular flexibility index (Phi) is 4.63. The summed E-state index contributed by atoms with van der Waals surface area (Å²) in [4.78, 5) is 12.3. The highest BCUT2D eigenvalue weighted by molar-refractivity contribution is 9.10. The van der Waals surface area contributed by atoms with Crippen LogP contribution in [0.4, 0.5) is 5.69 Å². The maximum Gasteiger partial charge on any atom is 0.291 e.